The molecule has 0 aromatic carbocycles. The second kappa shape index (κ2) is 17.4. The van der Waals surface area contributed by atoms with Gasteiger partial charge in [0.15, 0.2) is 0 Å². The van der Waals surface area contributed by atoms with Crippen molar-refractivity contribution in [2.75, 3.05) is 19.8 Å². The second-order valence-electron chi connectivity index (χ2n) is 14.9. The summed E-state index contributed by atoms with van der Waals surface area (Å²) in [5, 5.41) is 40.2. The van der Waals surface area contributed by atoms with E-state index >= 15 is 0 Å². The number of hydroxylamine groups is 1. The highest BCUT2D eigenvalue weighted by Gasteiger charge is 2.41. The summed E-state index contributed by atoms with van der Waals surface area (Å²) in [5.41, 5.74) is 3.28. The lowest BCUT2D eigenvalue weighted by Gasteiger charge is -2.40. The van der Waals surface area contributed by atoms with Gasteiger partial charge >= 0.3 is 11.9 Å². The fourth-order valence-corrected chi connectivity index (χ4v) is 9.03. The molecule has 12 unspecified atom stereocenters. The number of carbonyl (C=O) groups is 3. The van der Waals surface area contributed by atoms with Gasteiger partial charge in [-0.3, -0.25) is 24.9 Å². The number of nitrogens with one attached hydrogen (secondary N) is 2. The lowest BCUT2D eigenvalue weighted by Crippen LogP contribution is -2.49. The van der Waals surface area contributed by atoms with Crippen LogP contribution in [0.15, 0.2) is 0 Å². The molecule has 0 radical (unpaired) electrons. The third kappa shape index (κ3) is 10.1. The predicted molar refractivity (Wildman–Crippen MR) is 164 cm³/mol. The van der Waals surface area contributed by atoms with Gasteiger partial charge in [0.2, 0.25) is 5.91 Å². The predicted octanol–water partition coefficient (Wildman–Crippen LogP) is 4.84. The number of hydrogen-bond acceptors (Lipinski definition) is 9. The molecule has 1 amide bonds. The fraction of sp³-hybridized carbons (Fsp3) is 0.909. The maximum atomic E-state index is 13.3. The molecular formula is C33H56N2O10. The van der Waals surface area contributed by atoms with Crippen molar-refractivity contribution in [2.24, 2.45) is 59.2 Å². The van der Waals surface area contributed by atoms with Crippen molar-refractivity contribution in [1.29, 1.82) is 0 Å². The molecule has 12 heteroatoms. The third-order valence-corrected chi connectivity index (χ3v) is 11.8. The molecule has 4 aliphatic rings. The SMILES string of the molecule is CC1CC(CC2CCC(NC(=O)C3CC(COO)CCC3C(=O)O)C(C)C2)CCC1NOCC1CC(C(=O)O)CCC1COO. The van der Waals surface area contributed by atoms with Gasteiger partial charge in [0.25, 0.3) is 0 Å². The highest BCUT2D eigenvalue weighted by Crippen LogP contribution is 2.40. The Bertz CT molecular complexity index is 968. The van der Waals surface area contributed by atoms with Crippen molar-refractivity contribution in [3.63, 3.8) is 0 Å². The molecule has 4 fully saturated rings. The van der Waals surface area contributed by atoms with E-state index in [9.17, 15) is 24.6 Å². The molecular weight excluding hydrogens is 584 g/mol. The van der Waals surface area contributed by atoms with Crippen LogP contribution in [0.4, 0.5) is 0 Å². The minimum absolute atomic E-state index is 0.0171. The van der Waals surface area contributed by atoms with Crippen LogP contribution in [0.25, 0.3) is 0 Å². The summed E-state index contributed by atoms with van der Waals surface area (Å²) in [4.78, 5) is 51.3. The van der Waals surface area contributed by atoms with Crippen LogP contribution in [0.5, 0.6) is 0 Å². The minimum Gasteiger partial charge on any atom is -0.481 e. The summed E-state index contributed by atoms with van der Waals surface area (Å²) in [7, 11) is 0. The fourth-order valence-electron chi connectivity index (χ4n) is 9.03. The van der Waals surface area contributed by atoms with Gasteiger partial charge in [-0.2, -0.15) is 5.48 Å². The number of rotatable bonds is 14. The third-order valence-electron chi connectivity index (χ3n) is 11.8. The van der Waals surface area contributed by atoms with Gasteiger partial charge in [-0.15, -0.1) is 0 Å². The molecule has 0 aromatic heterocycles. The lowest BCUT2D eigenvalue weighted by atomic mass is 9.70. The molecule has 4 aliphatic carbocycles. The first-order valence-electron chi connectivity index (χ1n) is 17.2. The topological polar surface area (TPSA) is 184 Å². The van der Waals surface area contributed by atoms with E-state index in [4.69, 9.17) is 15.4 Å². The van der Waals surface area contributed by atoms with Crippen molar-refractivity contribution in [3.05, 3.63) is 0 Å². The van der Waals surface area contributed by atoms with Crippen LogP contribution in [0.1, 0.15) is 97.3 Å². The van der Waals surface area contributed by atoms with Gasteiger partial charge in [-0.05, 0) is 125 Å². The van der Waals surface area contributed by atoms with Gasteiger partial charge in [0, 0.05) is 12.1 Å². The second-order valence-corrected chi connectivity index (χ2v) is 14.9. The first kappa shape index (κ1) is 36.0. The van der Waals surface area contributed by atoms with E-state index in [1.165, 1.54) is 6.42 Å². The van der Waals surface area contributed by atoms with Gasteiger partial charge in [0.1, 0.15) is 0 Å². The summed E-state index contributed by atoms with van der Waals surface area (Å²) in [5.74, 6) is -1.44. The standard InChI is InChI=1S/C33H56N2O10/c1-19-11-21(4-9-29(19)34-31(36)28-14-23(16-44-41)3-8-27(28)33(39)40)13-22-5-10-30(20(2)12-22)35-43-17-26-15-24(32(37)38)6-7-25(26)18-45-42/h19-30,35,41-42H,3-18H2,1-2H3,(H,34,36)(H,37,38)(H,39,40). The largest absolute Gasteiger partial charge is 0.481 e. The Balaban J connectivity index is 1.18. The molecule has 4 rings (SSSR count). The Labute approximate surface area is 266 Å². The maximum Gasteiger partial charge on any atom is 0.307 e. The Morgan fingerprint density at radius 1 is 0.644 bits per heavy atom. The molecule has 0 bridgehead atoms. The summed E-state index contributed by atoms with van der Waals surface area (Å²) < 4.78 is 0. The molecule has 0 aromatic rings. The summed E-state index contributed by atoms with van der Waals surface area (Å²) in [6.45, 7) is 5.18. The quantitative estimate of drug-likeness (QED) is 0.113. The summed E-state index contributed by atoms with van der Waals surface area (Å²) in [6, 6.07) is 0.294. The summed E-state index contributed by atoms with van der Waals surface area (Å²) >= 11 is 0. The smallest absolute Gasteiger partial charge is 0.307 e. The zero-order valence-electron chi connectivity index (χ0n) is 27.0. The monoisotopic (exact) mass is 640 g/mol. The van der Waals surface area contributed by atoms with E-state index in [-0.39, 0.29) is 54.9 Å². The zero-order valence-corrected chi connectivity index (χ0v) is 27.0. The Morgan fingerprint density at radius 2 is 1.29 bits per heavy atom. The van der Waals surface area contributed by atoms with E-state index in [0.29, 0.717) is 68.8 Å². The Kier molecular flexibility index (Phi) is 13.9. The Morgan fingerprint density at radius 3 is 1.89 bits per heavy atom. The van der Waals surface area contributed by atoms with Crippen molar-refractivity contribution in [3.8, 4) is 0 Å². The molecule has 4 saturated carbocycles. The van der Waals surface area contributed by atoms with Crippen LogP contribution in [-0.2, 0) is 29.0 Å². The van der Waals surface area contributed by atoms with Crippen LogP contribution >= 0.6 is 0 Å². The van der Waals surface area contributed by atoms with Crippen molar-refractivity contribution in [1.82, 2.24) is 10.8 Å². The van der Waals surface area contributed by atoms with Crippen molar-refractivity contribution < 1.29 is 49.7 Å². The highest BCUT2D eigenvalue weighted by molar-refractivity contribution is 5.85. The first-order chi connectivity index (χ1) is 21.6. The number of hydrogen-bond donors (Lipinski definition) is 6. The van der Waals surface area contributed by atoms with E-state index in [0.717, 1.165) is 38.5 Å². The molecule has 0 heterocycles. The molecule has 12 nitrogen and oxygen atoms in total. The first-order valence-corrected chi connectivity index (χ1v) is 17.2. The van der Waals surface area contributed by atoms with Crippen LogP contribution < -0.4 is 10.8 Å². The molecule has 0 saturated heterocycles. The van der Waals surface area contributed by atoms with Gasteiger partial charge in [-0.1, -0.05) is 13.8 Å². The normalized spacial score (nSPS) is 39.2. The maximum absolute atomic E-state index is 13.3. The lowest BCUT2D eigenvalue weighted by molar-refractivity contribution is -0.257. The van der Waals surface area contributed by atoms with Crippen LogP contribution in [0, 0.1) is 59.2 Å². The number of carbonyl (C=O) groups excluding carboxylic acids is 1. The molecule has 0 spiro atoms. The van der Waals surface area contributed by atoms with E-state index < -0.39 is 23.8 Å². The van der Waals surface area contributed by atoms with Crippen LogP contribution in [0.3, 0.4) is 0 Å². The molecule has 258 valence electrons. The van der Waals surface area contributed by atoms with Crippen LogP contribution in [-0.4, -0.2) is 70.5 Å². The minimum atomic E-state index is -0.930. The van der Waals surface area contributed by atoms with Gasteiger partial charge in [0.05, 0.1) is 37.6 Å². The zero-order chi connectivity index (χ0) is 32.5. The molecule has 12 atom stereocenters. The van der Waals surface area contributed by atoms with Gasteiger partial charge < -0.3 is 20.4 Å². The van der Waals surface area contributed by atoms with Crippen molar-refractivity contribution in [2.45, 2.75) is 109 Å². The summed E-state index contributed by atoms with van der Waals surface area (Å²) in [6.07, 6.45) is 10.7. The molecule has 6 N–H and O–H groups in total. The Hall–Kier alpha value is -1.83. The average Bonchev–Trinajstić information content (AvgIpc) is 3.00. The van der Waals surface area contributed by atoms with E-state index in [1.54, 1.807) is 0 Å². The van der Waals surface area contributed by atoms with Crippen LogP contribution in [0.2, 0.25) is 0 Å². The number of aliphatic carboxylic acids is 2. The number of carboxylic acids is 2. The molecule has 45 heavy (non-hydrogen) atoms. The van der Waals surface area contributed by atoms with E-state index in [1.807, 2.05) is 0 Å². The van der Waals surface area contributed by atoms with Crippen molar-refractivity contribution >= 4 is 17.8 Å². The average molecular weight is 641 g/mol. The number of carboxylic acid groups (broad SMARTS) is 2. The van der Waals surface area contributed by atoms with Gasteiger partial charge in [-0.25, -0.2) is 9.78 Å². The highest BCUT2D eigenvalue weighted by atomic mass is 17.1. The number of amides is 1. The van der Waals surface area contributed by atoms with E-state index in [2.05, 4.69) is 34.4 Å². The molecule has 0 aliphatic heterocycles.